The molecule has 4 rings (SSSR count). The second-order valence-corrected chi connectivity index (χ2v) is 7.18. The van der Waals surface area contributed by atoms with Crippen molar-refractivity contribution in [2.75, 3.05) is 18.1 Å². The Kier molecular flexibility index (Phi) is 5.82. The van der Waals surface area contributed by atoms with Crippen LogP contribution in [-0.4, -0.2) is 41.3 Å². The van der Waals surface area contributed by atoms with Gasteiger partial charge in [-0.15, -0.1) is 0 Å². The number of hydrogen-bond acceptors (Lipinski definition) is 5. The smallest absolute Gasteiger partial charge is 0.414 e. The van der Waals surface area contributed by atoms with Crippen LogP contribution in [0.25, 0.3) is 17.2 Å². The van der Waals surface area contributed by atoms with Gasteiger partial charge in [-0.3, -0.25) is 9.69 Å². The van der Waals surface area contributed by atoms with Gasteiger partial charge in [0.2, 0.25) is 0 Å². The number of amides is 1. The van der Waals surface area contributed by atoms with E-state index in [0.717, 1.165) is 11.1 Å². The summed E-state index contributed by atoms with van der Waals surface area (Å²) in [6.07, 6.45) is 2.06. The first kappa shape index (κ1) is 20.4. The van der Waals surface area contributed by atoms with Gasteiger partial charge in [-0.2, -0.15) is 0 Å². The van der Waals surface area contributed by atoms with Crippen LogP contribution in [0.1, 0.15) is 15.9 Å². The van der Waals surface area contributed by atoms with E-state index in [9.17, 15) is 14.7 Å². The van der Waals surface area contributed by atoms with Gasteiger partial charge in [0.25, 0.3) is 0 Å². The average Bonchev–Trinajstić information content (AvgIpc) is 3.19. The molecule has 0 aliphatic carbocycles. The van der Waals surface area contributed by atoms with Crippen molar-refractivity contribution in [3.63, 3.8) is 0 Å². The maximum absolute atomic E-state index is 12.4. The third-order valence-corrected chi connectivity index (χ3v) is 5.11. The number of cyclic esters (lactones) is 1. The summed E-state index contributed by atoms with van der Waals surface area (Å²) in [5.41, 5.74) is 3.70. The fourth-order valence-corrected chi connectivity index (χ4v) is 3.38. The van der Waals surface area contributed by atoms with Gasteiger partial charge in [0.15, 0.2) is 5.78 Å². The zero-order valence-corrected chi connectivity index (χ0v) is 16.6. The van der Waals surface area contributed by atoms with Crippen LogP contribution in [0.5, 0.6) is 5.75 Å². The quantitative estimate of drug-likeness (QED) is 0.464. The summed E-state index contributed by atoms with van der Waals surface area (Å²) >= 11 is 0. The lowest BCUT2D eigenvalue weighted by Crippen LogP contribution is -2.25. The fraction of sp³-hybridized carbons (Fsp3) is 0.120. The summed E-state index contributed by atoms with van der Waals surface area (Å²) in [5.74, 6) is -0.0319. The van der Waals surface area contributed by atoms with E-state index in [1.54, 1.807) is 42.5 Å². The first-order chi connectivity index (χ1) is 15.0. The Bertz CT molecular complexity index is 1120. The maximum Gasteiger partial charge on any atom is 0.414 e. The van der Waals surface area contributed by atoms with Crippen molar-refractivity contribution in [2.24, 2.45) is 0 Å². The number of hydrogen-bond donors (Lipinski definition) is 2. The van der Waals surface area contributed by atoms with Gasteiger partial charge < -0.3 is 14.9 Å². The highest BCUT2D eigenvalue weighted by Gasteiger charge is 2.31. The number of anilines is 1. The number of phenolic OH excluding ortho intramolecular Hbond substituents is 1. The molecule has 1 amide bonds. The molecule has 1 heterocycles. The van der Waals surface area contributed by atoms with Crippen molar-refractivity contribution < 1.29 is 24.5 Å². The van der Waals surface area contributed by atoms with E-state index in [1.807, 2.05) is 36.4 Å². The van der Waals surface area contributed by atoms with E-state index in [0.29, 0.717) is 23.4 Å². The molecule has 6 nitrogen and oxygen atoms in total. The van der Waals surface area contributed by atoms with Gasteiger partial charge in [0.1, 0.15) is 11.9 Å². The number of aromatic hydroxyl groups is 1. The number of nitrogens with zero attached hydrogens (tertiary/aromatic N) is 1. The lowest BCUT2D eigenvalue weighted by Gasteiger charge is -2.13. The van der Waals surface area contributed by atoms with Gasteiger partial charge in [-0.05, 0) is 41.5 Å². The molecular weight excluding hydrogens is 394 g/mol. The average molecular weight is 415 g/mol. The molecule has 0 aromatic heterocycles. The summed E-state index contributed by atoms with van der Waals surface area (Å²) in [4.78, 5) is 25.8. The number of carbonyl (C=O) groups excluding carboxylic acids is 2. The van der Waals surface area contributed by atoms with E-state index in [4.69, 9.17) is 9.84 Å². The van der Waals surface area contributed by atoms with E-state index < -0.39 is 12.2 Å². The van der Waals surface area contributed by atoms with Crippen LogP contribution in [0.2, 0.25) is 0 Å². The molecule has 2 N–H and O–H groups in total. The molecule has 0 radical (unpaired) electrons. The van der Waals surface area contributed by atoms with Crippen LogP contribution < -0.4 is 4.90 Å². The number of ketones is 1. The molecule has 0 saturated carbocycles. The highest BCUT2D eigenvalue weighted by atomic mass is 16.6. The number of allylic oxidation sites excluding steroid dienone is 1. The molecule has 0 spiro atoms. The predicted molar refractivity (Wildman–Crippen MR) is 118 cm³/mol. The van der Waals surface area contributed by atoms with Gasteiger partial charge in [-0.25, -0.2) is 4.79 Å². The number of aliphatic hydroxyl groups is 1. The zero-order chi connectivity index (χ0) is 21.8. The Morgan fingerprint density at radius 2 is 1.65 bits per heavy atom. The fourth-order valence-electron chi connectivity index (χ4n) is 3.38. The van der Waals surface area contributed by atoms with Gasteiger partial charge in [0, 0.05) is 16.8 Å². The second-order valence-electron chi connectivity index (χ2n) is 7.18. The highest BCUT2D eigenvalue weighted by molar-refractivity contribution is 6.07. The third-order valence-electron chi connectivity index (χ3n) is 5.11. The Balaban J connectivity index is 1.45. The van der Waals surface area contributed by atoms with Gasteiger partial charge >= 0.3 is 6.09 Å². The Labute approximate surface area is 179 Å². The topological polar surface area (TPSA) is 87.1 Å². The SMILES string of the molecule is O=C(/C=C/c1ccccc1O)c1ccc(-c2ccc(N3C[C@H](CO)OC3=O)cc2)cc1. The first-order valence-electron chi connectivity index (χ1n) is 9.85. The van der Waals surface area contributed by atoms with Crippen LogP contribution in [0.4, 0.5) is 10.5 Å². The van der Waals surface area contributed by atoms with Crippen molar-refractivity contribution in [1.82, 2.24) is 0 Å². The summed E-state index contributed by atoms with van der Waals surface area (Å²) < 4.78 is 5.07. The molecule has 31 heavy (non-hydrogen) atoms. The number of benzene rings is 3. The Morgan fingerprint density at radius 1 is 1.00 bits per heavy atom. The Morgan fingerprint density at radius 3 is 2.26 bits per heavy atom. The molecule has 156 valence electrons. The molecular formula is C25H21NO5. The van der Waals surface area contributed by atoms with Gasteiger partial charge in [-0.1, -0.05) is 54.6 Å². The normalized spacial score (nSPS) is 16.0. The number of carbonyl (C=O) groups is 2. The predicted octanol–water partition coefficient (Wildman–Crippen LogP) is 4.27. The third kappa shape index (κ3) is 4.49. The van der Waals surface area contributed by atoms with Crippen LogP contribution in [-0.2, 0) is 4.74 Å². The van der Waals surface area contributed by atoms with E-state index in [-0.39, 0.29) is 18.1 Å². The minimum atomic E-state index is -0.503. The van der Waals surface area contributed by atoms with Crippen LogP contribution in [0.3, 0.4) is 0 Å². The van der Waals surface area contributed by atoms with E-state index in [1.165, 1.54) is 11.0 Å². The second kappa shape index (κ2) is 8.85. The number of aliphatic hydroxyl groups excluding tert-OH is 1. The number of phenols is 1. The summed E-state index contributed by atoms with van der Waals surface area (Å²) in [6, 6.07) is 21.5. The standard InChI is InChI=1S/C25H21NO5/c27-16-22-15-26(25(30)31-22)21-12-9-18(10-13-21)17-5-7-20(8-6-17)24(29)14-11-19-3-1-2-4-23(19)28/h1-14,22,27-28H,15-16H2/b14-11+/t22-/m1/s1. The van der Waals surface area contributed by atoms with Crippen LogP contribution in [0.15, 0.2) is 78.9 Å². The van der Waals surface area contributed by atoms with Crippen molar-refractivity contribution in [3.05, 3.63) is 90.0 Å². The molecule has 1 saturated heterocycles. The summed E-state index contributed by atoms with van der Waals surface area (Å²) in [5, 5.41) is 18.9. The minimum Gasteiger partial charge on any atom is -0.507 e. The van der Waals surface area contributed by atoms with Crippen molar-refractivity contribution in [3.8, 4) is 16.9 Å². The number of rotatable bonds is 6. The molecule has 1 fully saturated rings. The number of ether oxygens (including phenoxy) is 1. The largest absolute Gasteiger partial charge is 0.507 e. The monoisotopic (exact) mass is 415 g/mol. The molecule has 0 bridgehead atoms. The molecule has 3 aromatic rings. The maximum atomic E-state index is 12.4. The van der Waals surface area contributed by atoms with Crippen molar-refractivity contribution in [2.45, 2.75) is 6.10 Å². The molecule has 6 heteroatoms. The minimum absolute atomic E-state index is 0.124. The molecule has 3 aromatic carbocycles. The van der Waals surface area contributed by atoms with Crippen molar-refractivity contribution >= 4 is 23.6 Å². The Hall–Kier alpha value is -3.90. The molecule has 0 unspecified atom stereocenters. The number of para-hydroxylation sites is 1. The molecule has 1 aliphatic rings. The van der Waals surface area contributed by atoms with E-state index >= 15 is 0 Å². The summed E-state index contributed by atoms with van der Waals surface area (Å²) in [7, 11) is 0. The van der Waals surface area contributed by atoms with E-state index in [2.05, 4.69) is 0 Å². The first-order valence-corrected chi connectivity index (χ1v) is 9.85. The summed E-state index contributed by atoms with van der Waals surface area (Å²) in [6.45, 7) is 0.118. The molecule has 1 atom stereocenters. The highest BCUT2D eigenvalue weighted by Crippen LogP contribution is 2.26. The van der Waals surface area contributed by atoms with Crippen molar-refractivity contribution in [1.29, 1.82) is 0 Å². The van der Waals surface area contributed by atoms with Gasteiger partial charge in [0.05, 0.1) is 13.2 Å². The van der Waals surface area contributed by atoms with Crippen LogP contribution >= 0.6 is 0 Å². The lowest BCUT2D eigenvalue weighted by atomic mass is 10.0. The molecule has 1 aliphatic heterocycles. The zero-order valence-electron chi connectivity index (χ0n) is 16.6. The van der Waals surface area contributed by atoms with Crippen LogP contribution in [0, 0.1) is 0 Å². The lowest BCUT2D eigenvalue weighted by molar-refractivity contribution is 0.0963.